The summed E-state index contributed by atoms with van der Waals surface area (Å²) in [6, 6.07) is 17.3. The van der Waals surface area contributed by atoms with Crippen molar-refractivity contribution in [2.45, 2.75) is 17.7 Å². The van der Waals surface area contributed by atoms with Crippen molar-refractivity contribution in [3.05, 3.63) is 69.7 Å². The third-order valence-corrected chi connectivity index (χ3v) is 5.70. The fourth-order valence-electron chi connectivity index (χ4n) is 2.75. The summed E-state index contributed by atoms with van der Waals surface area (Å²) in [6.07, 6.45) is 2.29. The van der Waals surface area contributed by atoms with Gasteiger partial charge in [0.05, 0.1) is 0 Å². The van der Waals surface area contributed by atoms with Gasteiger partial charge in [-0.25, -0.2) is 0 Å². The third-order valence-electron chi connectivity index (χ3n) is 3.69. The van der Waals surface area contributed by atoms with Crippen LogP contribution >= 0.6 is 31.9 Å². The highest BCUT2D eigenvalue weighted by molar-refractivity contribution is 9.10. The first-order chi connectivity index (χ1) is 8.75. The summed E-state index contributed by atoms with van der Waals surface area (Å²) >= 11 is 7.51. The molecule has 2 aromatic carbocycles. The molecule has 0 saturated heterocycles. The predicted octanol–water partition coefficient (Wildman–Crippen LogP) is 5.30. The van der Waals surface area contributed by atoms with E-state index >= 15 is 0 Å². The number of fused-ring (bicyclic) bond motifs is 1. The summed E-state index contributed by atoms with van der Waals surface area (Å²) < 4.78 is 1.22. The van der Waals surface area contributed by atoms with E-state index in [0.29, 0.717) is 10.7 Å². The van der Waals surface area contributed by atoms with Crippen LogP contribution in [0.15, 0.2) is 53.0 Å². The fourth-order valence-corrected chi connectivity index (χ4v) is 4.02. The molecule has 18 heavy (non-hydrogen) atoms. The second-order valence-corrected chi connectivity index (χ2v) is 6.70. The Labute approximate surface area is 125 Å². The second-order valence-electron chi connectivity index (χ2n) is 4.86. The van der Waals surface area contributed by atoms with Gasteiger partial charge in [-0.1, -0.05) is 74.3 Å². The molecule has 0 fully saturated rings. The van der Waals surface area contributed by atoms with Crippen molar-refractivity contribution in [1.82, 2.24) is 0 Å². The molecule has 0 N–H and O–H groups in total. The van der Waals surface area contributed by atoms with Crippen LogP contribution in [0.4, 0.5) is 0 Å². The molecule has 1 aliphatic carbocycles. The topological polar surface area (TPSA) is 0 Å². The van der Waals surface area contributed by atoms with E-state index in [1.807, 2.05) is 0 Å². The van der Waals surface area contributed by atoms with E-state index in [-0.39, 0.29) is 0 Å². The molecule has 0 saturated carbocycles. The van der Waals surface area contributed by atoms with Crippen molar-refractivity contribution < 1.29 is 0 Å². The maximum absolute atomic E-state index is 3.87. The minimum atomic E-state index is 0.487. The van der Waals surface area contributed by atoms with E-state index in [1.165, 1.54) is 27.6 Å². The van der Waals surface area contributed by atoms with Gasteiger partial charge in [0.1, 0.15) is 0 Å². The normalized spacial score (nSPS) is 21.9. The zero-order valence-corrected chi connectivity index (χ0v) is 13.1. The standard InChI is InChI=1S/C16H14Br2/c17-15-8-4-2-6-12(15)10-13-9-11-5-1-3-7-14(11)16(13)18/h1-8,13,16H,9-10H2. The largest absolute Gasteiger partial charge is 0.0835 e. The molecule has 0 heterocycles. The van der Waals surface area contributed by atoms with Gasteiger partial charge in [0.2, 0.25) is 0 Å². The van der Waals surface area contributed by atoms with Gasteiger partial charge in [-0.05, 0) is 41.5 Å². The van der Waals surface area contributed by atoms with E-state index in [9.17, 15) is 0 Å². The van der Waals surface area contributed by atoms with Crippen LogP contribution in [0.5, 0.6) is 0 Å². The van der Waals surface area contributed by atoms with Crippen LogP contribution in [-0.4, -0.2) is 0 Å². The molecule has 2 aromatic rings. The quantitative estimate of drug-likeness (QED) is 0.633. The Hall–Kier alpha value is -0.600. The van der Waals surface area contributed by atoms with Crippen LogP contribution in [-0.2, 0) is 12.8 Å². The summed E-state index contributed by atoms with van der Waals surface area (Å²) in [5.74, 6) is 0.654. The molecule has 2 unspecified atom stereocenters. The summed E-state index contributed by atoms with van der Waals surface area (Å²) in [7, 11) is 0. The fraction of sp³-hybridized carbons (Fsp3) is 0.250. The van der Waals surface area contributed by atoms with Crippen LogP contribution in [0.1, 0.15) is 21.5 Å². The zero-order chi connectivity index (χ0) is 12.5. The molecule has 0 bridgehead atoms. The molecule has 0 aliphatic heterocycles. The molecule has 3 rings (SSSR count). The summed E-state index contributed by atoms with van der Waals surface area (Å²) in [5.41, 5.74) is 4.37. The molecule has 0 spiro atoms. The Balaban J connectivity index is 1.83. The van der Waals surface area contributed by atoms with Crippen LogP contribution in [0.2, 0.25) is 0 Å². The smallest absolute Gasteiger partial charge is 0.0432 e. The van der Waals surface area contributed by atoms with E-state index in [0.717, 1.165) is 6.42 Å². The number of hydrogen-bond acceptors (Lipinski definition) is 0. The van der Waals surface area contributed by atoms with Crippen molar-refractivity contribution in [3.63, 3.8) is 0 Å². The average molecular weight is 366 g/mol. The van der Waals surface area contributed by atoms with Gasteiger partial charge in [0, 0.05) is 9.30 Å². The van der Waals surface area contributed by atoms with Gasteiger partial charge in [0.25, 0.3) is 0 Å². The van der Waals surface area contributed by atoms with E-state index in [1.54, 1.807) is 0 Å². The molecule has 1 aliphatic rings. The highest BCUT2D eigenvalue weighted by Gasteiger charge is 2.30. The lowest BCUT2D eigenvalue weighted by Crippen LogP contribution is -2.06. The van der Waals surface area contributed by atoms with Crippen molar-refractivity contribution >= 4 is 31.9 Å². The average Bonchev–Trinajstić information content (AvgIpc) is 2.70. The maximum atomic E-state index is 3.87. The summed E-state index contributed by atoms with van der Waals surface area (Å²) in [5, 5.41) is 0. The van der Waals surface area contributed by atoms with Gasteiger partial charge in [-0.3, -0.25) is 0 Å². The van der Waals surface area contributed by atoms with Gasteiger partial charge < -0.3 is 0 Å². The lowest BCUT2D eigenvalue weighted by atomic mass is 9.97. The Kier molecular flexibility index (Phi) is 3.58. The molecule has 0 radical (unpaired) electrons. The van der Waals surface area contributed by atoms with Gasteiger partial charge in [-0.2, -0.15) is 0 Å². The molecule has 0 amide bonds. The van der Waals surface area contributed by atoms with Crippen LogP contribution in [0.3, 0.4) is 0 Å². The molecular weight excluding hydrogens is 352 g/mol. The summed E-state index contributed by atoms with van der Waals surface area (Å²) in [4.78, 5) is 0.487. The maximum Gasteiger partial charge on any atom is 0.0432 e. The van der Waals surface area contributed by atoms with Crippen LogP contribution in [0, 0.1) is 5.92 Å². The lowest BCUT2D eigenvalue weighted by Gasteiger charge is -2.15. The minimum absolute atomic E-state index is 0.487. The monoisotopic (exact) mass is 364 g/mol. The second kappa shape index (κ2) is 5.18. The molecule has 92 valence electrons. The van der Waals surface area contributed by atoms with E-state index in [4.69, 9.17) is 0 Å². The SMILES string of the molecule is Brc1ccccc1CC1Cc2ccccc2C1Br. The molecule has 0 nitrogen and oxygen atoms in total. The Bertz CT molecular complexity index is 563. The zero-order valence-electron chi connectivity index (χ0n) is 9.94. The first kappa shape index (κ1) is 12.4. The number of alkyl halides is 1. The Morgan fingerprint density at radius 2 is 1.72 bits per heavy atom. The Morgan fingerprint density at radius 3 is 2.50 bits per heavy atom. The van der Waals surface area contributed by atoms with E-state index < -0.39 is 0 Å². The molecular formula is C16H14Br2. The third kappa shape index (κ3) is 2.28. The Morgan fingerprint density at radius 1 is 1.00 bits per heavy atom. The van der Waals surface area contributed by atoms with Crippen LogP contribution < -0.4 is 0 Å². The first-order valence-corrected chi connectivity index (χ1v) is 7.92. The molecule has 0 aromatic heterocycles. The lowest BCUT2D eigenvalue weighted by molar-refractivity contribution is 0.554. The van der Waals surface area contributed by atoms with Crippen molar-refractivity contribution in [3.8, 4) is 0 Å². The van der Waals surface area contributed by atoms with Crippen molar-refractivity contribution in [1.29, 1.82) is 0 Å². The number of benzene rings is 2. The van der Waals surface area contributed by atoms with Crippen molar-refractivity contribution in [2.24, 2.45) is 5.92 Å². The number of rotatable bonds is 2. The summed E-state index contributed by atoms with van der Waals surface area (Å²) in [6.45, 7) is 0. The highest BCUT2D eigenvalue weighted by atomic mass is 79.9. The molecule has 2 atom stereocenters. The minimum Gasteiger partial charge on any atom is -0.0835 e. The van der Waals surface area contributed by atoms with Crippen LogP contribution in [0.25, 0.3) is 0 Å². The highest BCUT2D eigenvalue weighted by Crippen LogP contribution is 2.44. The van der Waals surface area contributed by atoms with Gasteiger partial charge in [0.15, 0.2) is 0 Å². The van der Waals surface area contributed by atoms with Crippen molar-refractivity contribution in [2.75, 3.05) is 0 Å². The molecule has 2 heteroatoms. The van der Waals surface area contributed by atoms with Gasteiger partial charge >= 0.3 is 0 Å². The number of halogens is 2. The van der Waals surface area contributed by atoms with E-state index in [2.05, 4.69) is 80.4 Å². The predicted molar refractivity (Wildman–Crippen MR) is 83.2 cm³/mol. The van der Waals surface area contributed by atoms with Gasteiger partial charge in [-0.15, -0.1) is 0 Å². The number of hydrogen-bond donors (Lipinski definition) is 0. The first-order valence-electron chi connectivity index (χ1n) is 6.21.